The van der Waals surface area contributed by atoms with Crippen molar-refractivity contribution in [1.29, 1.82) is 0 Å². The van der Waals surface area contributed by atoms with Gasteiger partial charge in [0.2, 0.25) is 0 Å². The number of nitrogen functional groups attached to an aromatic ring is 1. The van der Waals surface area contributed by atoms with Gasteiger partial charge >= 0.3 is 0 Å². The number of anilines is 2. The molecule has 90 valence electrons. The second-order valence-electron chi connectivity index (χ2n) is 3.13. The Bertz CT molecular complexity index is 352. The highest BCUT2D eigenvalue weighted by atomic mass is 35.5. The minimum absolute atomic E-state index is 0.0426. The molecule has 1 heterocycles. The van der Waals surface area contributed by atoms with E-state index in [0.29, 0.717) is 5.69 Å². The summed E-state index contributed by atoms with van der Waals surface area (Å²) in [6.07, 6.45) is -1.20. The topological polar surface area (TPSA) is 62.4 Å². The van der Waals surface area contributed by atoms with E-state index in [1.165, 1.54) is 17.2 Å². The highest BCUT2D eigenvalue weighted by molar-refractivity contribution is 6.33. The maximum absolute atomic E-state index is 12.3. The Kier molecular flexibility index (Phi) is 4.70. The van der Waals surface area contributed by atoms with E-state index >= 15 is 0 Å². The van der Waals surface area contributed by atoms with Gasteiger partial charge in [0.15, 0.2) is 0 Å². The third kappa shape index (κ3) is 3.46. The Morgan fingerprint density at radius 3 is 2.75 bits per heavy atom. The molecule has 0 saturated heterocycles. The van der Waals surface area contributed by atoms with Crippen molar-refractivity contribution >= 4 is 23.1 Å². The molecule has 0 spiro atoms. The van der Waals surface area contributed by atoms with Gasteiger partial charge < -0.3 is 15.7 Å². The molecule has 1 aromatic rings. The Morgan fingerprint density at radius 2 is 2.25 bits per heavy atom. The van der Waals surface area contributed by atoms with Crippen LogP contribution in [0.2, 0.25) is 5.02 Å². The number of aromatic nitrogens is 1. The number of alkyl halides is 2. The lowest BCUT2D eigenvalue weighted by Gasteiger charge is -2.23. The molecule has 0 aliphatic rings. The summed E-state index contributed by atoms with van der Waals surface area (Å²) in [5.74, 6) is 0.199. The molecule has 0 fully saturated rings. The predicted octanol–water partition coefficient (Wildman–Crippen LogP) is 1.38. The number of hydrogen-bond acceptors (Lipinski definition) is 4. The first-order valence-corrected chi connectivity index (χ1v) is 4.97. The lowest BCUT2D eigenvalue weighted by atomic mass is 10.3. The predicted molar refractivity (Wildman–Crippen MR) is 59.0 cm³/mol. The molecule has 1 rings (SSSR count). The number of aliphatic hydroxyl groups is 1. The standard InChI is InChI=1S/C9H12ClF2N3O/c10-7-3-6(13)4-14-9(7)15(1-2-16)5-8(11)12/h3-4,8,16H,1-2,5,13H2. The summed E-state index contributed by atoms with van der Waals surface area (Å²) in [6, 6.07) is 1.43. The summed E-state index contributed by atoms with van der Waals surface area (Å²) in [5.41, 5.74) is 5.80. The van der Waals surface area contributed by atoms with Crippen LogP contribution in [0.5, 0.6) is 0 Å². The van der Waals surface area contributed by atoms with Gasteiger partial charge in [0.05, 0.1) is 30.1 Å². The first-order chi connectivity index (χ1) is 7.54. The smallest absolute Gasteiger partial charge is 0.255 e. The Balaban J connectivity index is 2.91. The molecular formula is C9H12ClF2N3O. The van der Waals surface area contributed by atoms with E-state index in [1.54, 1.807) is 0 Å². The molecule has 0 amide bonds. The van der Waals surface area contributed by atoms with Gasteiger partial charge in [-0.25, -0.2) is 13.8 Å². The molecule has 0 radical (unpaired) electrons. The summed E-state index contributed by atoms with van der Waals surface area (Å²) in [5, 5.41) is 8.96. The van der Waals surface area contributed by atoms with Crippen LogP contribution in [0, 0.1) is 0 Å². The van der Waals surface area contributed by atoms with Crippen molar-refractivity contribution in [2.24, 2.45) is 0 Å². The van der Waals surface area contributed by atoms with E-state index in [1.807, 2.05) is 0 Å². The zero-order valence-corrected chi connectivity index (χ0v) is 9.16. The fourth-order valence-electron chi connectivity index (χ4n) is 1.25. The highest BCUT2D eigenvalue weighted by Gasteiger charge is 2.16. The van der Waals surface area contributed by atoms with Crippen LogP contribution < -0.4 is 10.6 Å². The number of pyridine rings is 1. The molecule has 0 saturated carbocycles. The van der Waals surface area contributed by atoms with E-state index in [0.717, 1.165) is 0 Å². The monoisotopic (exact) mass is 251 g/mol. The number of hydrogen-bond donors (Lipinski definition) is 2. The highest BCUT2D eigenvalue weighted by Crippen LogP contribution is 2.25. The van der Waals surface area contributed by atoms with Crippen molar-refractivity contribution in [3.8, 4) is 0 Å². The number of nitrogens with two attached hydrogens (primary N) is 1. The van der Waals surface area contributed by atoms with Gasteiger partial charge in [-0.05, 0) is 6.07 Å². The van der Waals surface area contributed by atoms with Gasteiger partial charge in [0, 0.05) is 6.54 Å². The van der Waals surface area contributed by atoms with Crippen LogP contribution in [-0.4, -0.2) is 36.2 Å². The molecular weight excluding hydrogens is 240 g/mol. The molecule has 0 bridgehead atoms. The van der Waals surface area contributed by atoms with E-state index < -0.39 is 13.0 Å². The second-order valence-corrected chi connectivity index (χ2v) is 3.54. The van der Waals surface area contributed by atoms with Crippen LogP contribution in [-0.2, 0) is 0 Å². The molecule has 7 heteroatoms. The lowest BCUT2D eigenvalue weighted by molar-refractivity contribution is 0.152. The molecule has 0 aliphatic carbocycles. The molecule has 1 aromatic heterocycles. The number of aliphatic hydroxyl groups excluding tert-OH is 1. The molecule has 3 N–H and O–H groups in total. The van der Waals surface area contributed by atoms with E-state index in [-0.39, 0.29) is 24.0 Å². The third-order valence-corrected chi connectivity index (χ3v) is 2.15. The fraction of sp³-hybridized carbons (Fsp3) is 0.444. The number of nitrogens with zero attached hydrogens (tertiary/aromatic N) is 2. The zero-order valence-electron chi connectivity index (χ0n) is 8.41. The minimum Gasteiger partial charge on any atom is -0.397 e. The Labute approximate surface area is 96.6 Å². The minimum atomic E-state index is -2.53. The van der Waals surface area contributed by atoms with Crippen LogP contribution in [0.1, 0.15) is 0 Å². The average Bonchev–Trinajstić information content (AvgIpc) is 2.16. The number of rotatable bonds is 5. The Hall–Kier alpha value is -1.14. The van der Waals surface area contributed by atoms with Gasteiger partial charge in [-0.3, -0.25) is 0 Å². The van der Waals surface area contributed by atoms with Gasteiger partial charge in [-0.15, -0.1) is 0 Å². The van der Waals surface area contributed by atoms with Crippen LogP contribution >= 0.6 is 11.6 Å². The summed E-state index contributed by atoms with van der Waals surface area (Å²) in [4.78, 5) is 5.09. The Morgan fingerprint density at radius 1 is 1.56 bits per heavy atom. The quantitative estimate of drug-likeness (QED) is 0.830. The van der Waals surface area contributed by atoms with Gasteiger partial charge in [0.1, 0.15) is 5.82 Å². The summed E-state index contributed by atoms with van der Waals surface area (Å²) >= 11 is 5.83. The lowest BCUT2D eigenvalue weighted by Crippen LogP contribution is -2.32. The molecule has 0 unspecified atom stereocenters. The second kappa shape index (κ2) is 5.81. The van der Waals surface area contributed by atoms with Crippen LogP contribution in [0.4, 0.5) is 20.3 Å². The molecule has 4 nitrogen and oxygen atoms in total. The zero-order chi connectivity index (χ0) is 12.1. The molecule has 16 heavy (non-hydrogen) atoms. The van der Waals surface area contributed by atoms with E-state index in [4.69, 9.17) is 22.4 Å². The van der Waals surface area contributed by atoms with Gasteiger partial charge in [0.25, 0.3) is 6.43 Å². The first-order valence-electron chi connectivity index (χ1n) is 4.59. The third-order valence-electron chi connectivity index (χ3n) is 1.87. The normalized spacial score (nSPS) is 10.8. The summed E-state index contributed by atoms with van der Waals surface area (Å²) in [7, 11) is 0. The first kappa shape index (κ1) is 12.9. The van der Waals surface area contributed by atoms with Gasteiger partial charge in [-0.2, -0.15) is 0 Å². The van der Waals surface area contributed by atoms with Crippen LogP contribution in [0.25, 0.3) is 0 Å². The van der Waals surface area contributed by atoms with Crippen LogP contribution in [0.3, 0.4) is 0 Å². The van der Waals surface area contributed by atoms with Crippen molar-refractivity contribution in [2.75, 3.05) is 30.3 Å². The van der Waals surface area contributed by atoms with Crippen molar-refractivity contribution in [3.05, 3.63) is 17.3 Å². The van der Waals surface area contributed by atoms with Gasteiger partial charge in [-0.1, -0.05) is 11.6 Å². The summed E-state index contributed by atoms with van der Waals surface area (Å²) < 4.78 is 24.6. The summed E-state index contributed by atoms with van der Waals surface area (Å²) in [6.45, 7) is -0.743. The average molecular weight is 252 g/mol. The molecule has 0 atom stereocenters. The van der Waals surface area contributed by atoms with E-state index in [9.17, 15) is 8.78 Å². The maximum atomic E-state index is 12.3. The fourth-order valence-corrected chi connectivity index (χ4v) is 1.54. The number of halogens is 3. The largest absolute Gasteiger partial charge is 0.397 e. The SMILES string of the molecule is Nc1cnc(N(CCO)CC(F)F)c(Cl)c1. The maximum Gasteiger partial charge on any atom is 0.255 e. The molecule has 0 aromatic carbocycles. The van der Waals surface area contributed by atoms with Crippen molar-refractivity contribution in [1.82, 2.24) is 4.98 Å². The van der Waals surface area contributed by atoms with Crippen molar-refractivity contribution in [3.63, 3.8) is 0 Å². The van der Waals surface area contributed by atoms with Crippen molar-refractivity contribution < 1.29 is 13.9 Å². The molecule has 0 aliphatic heterocycles. The van der Waals surface area contributed by atoms with Crippen molar-refractivity contribution in [2.45, 2.75) is 6.43 Å². The van der Waals surface area contributed by atoms with E-state index in [2.05, 4.69) is 4.98 Å². The van der Waals surface area contributed by atoms with Crippen LogP contribution in [0.15, 0.2) is 12.3 Å².